The lowest BCUT2D eigenvalue weighted by Gasteiger charge is -2.22. The van der Waals surface area contributed by atoms with Crippen molar-refractivity contribution in [2.24, 2.45) is 5.73 Å². The molecule has 4 aromatic rings. The molecule has 1 aliphatic rings. The van der Waals surface area contributed by atoms with Gasteiger partial charge in [0.2, 0.25) is 0 Å². The summed E-state index contributed by atoms with van der Waals surface area (Å²) in [6.07, 6.45) is 7.58. The molecule has 2 unspecified atom stereocenters. The number of nitrogens with zero attached hydrogens (tertiary/aromatic N) is 3. The minimum Gasteiger partial charge on any atom is -0.383 e. The number of imidazole rings is 1. The molecule has 1 fully saturated rings. The van der Waals surface area contributed by atoms with Crippen LogP contribution in [0.1, 0.15) is 43.5 Å². The monoisotopic (exact) mass is 527 g/mol. The molecule has 5 nitrogen and oxygen atoms in total. The zero-order valence-electron chi connectivity index (χ0n) is 23.3. The Morgan fingerprint density at radius 3 is 2.46 bits per heavy atom. The topological polar surface area (TPSA) is 59.1 Å². The summed E-state index contributed by atoms with van der Waals surface area (Å²) in [4.78, 5) is 6.60. The first-order valence-corrected chi connectivity index (χ1v) is 13.6. The van der Waals surface area contributed by atoms with Gasteiger partial charge < -0.3 is 15.6 Å². The lowest BCUT2D eigenvalue weighted by Crippen LogP contribution is -2.32. The highest BCUT2D eigenvalue weighted by Gasteiger charge is 2.23. The van der Waals surface area contributed by atoms with Crippen LogP contribution in [0.3, 0.4) is 0 Å². The first-order chi connectivity index (χ1) is 18.9. The Morgan fingerprint density at radius 2 is 1.79 bits per heavy atom. The zero-order chi connectivity index (χ0) is 28.0. The Bertz CT molecular complexity index is 1300. The van der Waals surface area contributed by atoms with Crippen LogP contribution in [0.25, 0.3) is 11.0 Å². The van der Waals surface area contributed by atoms with Crippen molar-refractivity contribution in [3.63, 3.8) is 0 Å². The van der Waals surface area contributed by atoms with Gasteiger partial charge in [-0.15, -0.1) is 0 Å². The number of rotatable bonds is 8. The molecule has 0 radical (unpaired) electrons. The number of fused-ring (bicyclic) bond motifs is 1. The minimum atomic E-state index is -0.201. The van der Waals surface area contributed by atoms with Gasteiger partial charge in [-0.25, -0.2) is 9.37 Å². The van der Waals surface area contributed by atoms with Crippen LogP contribution in [0.4, 0.5) is 4.39 Å². The van der Waals surface area contributed by atoms with Gasteiger partial charge in [-0.3, -0.25) is 4.90 Å². The molecular weight excluding hydrogens is 485 g/mol. The van der Waals surface area contributed by atoms with Gasteiger partial charge >= 0.3 is 0 Å². The van der Waals surface area contributed by atoms with Crippen LogP contribution >= 0.6 is 0 Å². The van der Waals surface area contributed by atoms with Crippen molar-refractivity contribution in [3.8, 4) is 0 Å². The molecule has 3 aromatic carbocycles. The molecule has 2 heterocycles. The summed E-state index contributed by atoms with van der Waals surface area (Å²) in [6.45, 7) is 11.9. The maximum Gasteiger partial charge on any atom is 0.126 e. The van der Waals surface area contributed by atoms with Crippen LogP contribution < -0.4 is 11.1 Å². The number of likely N-dealkylation sites (N-methyl/N-ethyl adjacent to an activating group) is 1. The normalized spacial score (nSPS) is 15.4. The number of aryl methyl sites for hydroxylation is 1. The van der Waals surface area contributed by atoms with E-state index in [0.29, 0.717) is 6.04 Å². The van der Waals surface area contributed by atoms with Crippen LogP contribution in [0, 0.1) is 5.82 Å². The molecule has 5 rings (SSSR count). The largest absolute Gasteiger partial charge is 0.383 e. The van der Waals surface area contributed by atoms with Gasteiger partial charge in [0.25, 0.3) is 0 Å². The first kappa shape index (κ1) is 29.8. The van der Waals surface area contributed by atoms with Crippen LogP contribution in [0.15, 0.2) is 110 Å². The molecule has 0 amide bonds. The third-order valence-electron chi connectivity index (χ3n) is 6.81. The minimum absolute atomic E-state index is 0.0793. The van der Waals surface area contributed by atoms with E-state index in [0.717, 1.165) is 41.7 Å². The predicted octanol–water partition coefficient (Wildman–Crippen LogP) is 6.84. The number of likely N-dealkylation sites (tertiary alicyclic amines) is 1. The van der Waals surface area contributed by atoms with Crippen LogP contribution in [0.2, 0.25) is 0 Å². The highest BCUT2D eigenvalue weighted by Crippen LogP contribution is 2.19. The second kappa shape index (κ2) is 15.6. The Balaban J connectivity index is 0.000000166. The van der Waals surface area contributed by atoms with E-state index in [1.54, 1.807) is 18.5 Å². The molecule has 0 spiro atoms. The summed E-state index contributed by atoms with van der Waals surface area (Å²) in [7, 11) is 2.17. The van der Waals surface area contributed by atoms with Crippen molar-refractivity contribution in [2.75, 3.05) is 13.6 Å². The van der Waals surface area contributed by atoms with Crippen molar-refractivity contribution in [1.29, 1.82) is 0 Å². The summed E-state index contributed by atoms with van der Waals surface area (Å²) in [6, 6.07) is 25.8. The van der Waals surface area contributed by atoms with E-state index < -0.39 is 0 Å². The second-order valence-electron chi connectivity index (χ2n) is 9.71. The maximum absolute atomic E-state index is 12.8. The molecule has 0 aliphatic carbocycles. The molecule has 0 saturated carbocycles. The lowest BCUT2D eigenvalue weighted by atomic mass is 10.1. The number of para-hydroxylation sites is 2. The maximum atomic E-state index is 12.8. The van der Waals surface area contributed by atoms with Crippen LogP contribution in [-0.4, -0.2) is 34.1 Å². The Kier molecular flexibility index (Phi) is 11.9. The van der Waals surface area contributed by atoms with Crippen LogP contribution in [0.5, 0.6) is 0 Å². The summed E-state index contributed by atoms with van der Waals surface area (Å²) in [5.41, 5.74) is 11.1. The Hall–Kier alpha value is -3.74. The Morgan fingerprint density at radius 1 is 1.10 bits per heavy atom. The number of nitrogens with two attached hydrogens (primary N) is 1. The van der Waals surface area contributed by atoms with E-state index in [2.05, 4.69) is 59.7 Å². The summed E-state index contributed by atoms with van der Waals surface area (Å²) < 4.78 is 14.7. The molecular formula is C33H42FN5. The molecule has 1 aromatic heterocycles. The van der Waals surface area contributed by atoms with Crippen molar-refractivity contribution < 1.29 is 4.39 Å². The van der Waals surface area contributed by atoms with Gasteiger partial charge in [-0.2, -0.15) is 0 Å². The second-order valence-corrected chi connectivity index (χ2v) is 9.71. The van der Waals surface area contributed by atoms with Gasteiger partial charge in [0.15, 0.2) is 0 Å². The van der Waals surface area contributed by atoms with Gasteiger partial charge in [0.05, 0.1) is 17.4 Å². The molecule has 6 heteroatoms. The molecule has 1 saturated heterocycles. The zero-order valence-corrected chi connectivity index (χ0v) is 23.3. The van der Waals surface area contributed by atoms with Crippen LogP contribution in [-0.2, 0) is 13.0 Å². The van der Waals surface area contributed by atoms with E-state index in [9.17, 15) is 4.39 Å². The number of aromatic nitrogens is 2. The number of hydrogen-bond donors (Lipinski definition) is 2. The summed E-state index contributed by atoms with van der Waals surface area (Å²) in [5.74, 6) is -0.0793. The predicted molar refractivity (Wildman–Crippen MR) is 162 cm³/mol. The smallest absolute Gasteiger partial charge is 0.126 e. The van der Waals surface area contributed by atoms with Crippen molar-refractivity contribution >= 4 is 11.0 Å². The van der Waals surface area contributed by atoms with Gasteiger partial charge in [0, 0.05) is 18.3 Å². The van der Waals surface area contributed by atoms with Gasteiger partial charge in [-0.05, 0) is 62.2 Å². The molecule has 1 aliphatic heterocycles. The van der Waals surface area contributed by atoms with Crippen molar-refractivity contribution in [2.45, 2.75) is 51.4 Å². The van der Waals surface area contributed by atoms with E-state index in [1.807, 2.05) is 54.0 Å². The average molecular weight is 528 g/mol. The quantitative estimate of drug-likeness (QED) is 0.246. The lowest BCUT2D eigenvalue weighted by molar-refractivity contribution is 0.334. The number of benzene rings is 3. The third-order valence-corrected chi connectivity index (χ3v) is 6.81. The molecule has 2 atom stereocenters. The summed E-state index contributed by atoms with van der Waals surface area (Å²) >= 11 is 0. The first-order valence-electron chi connectivity index (χ1n) is 13.6. The average Bonchev–Trinajstić information content (AvgIpc) is 3.60. The molecule has 3 N–H and O–H groups in total. The van der Waals surface area contributed by atoms with Gasteiger partial charge in [0.1, 0.15) is 12.0 Å². The number of hydrogen-bond acceptors (Lipinski definition) is 4. The molecule has 0 bridgehead atoms. The highest BCUT2D eigenvalue weighted by atomic mass is 19.1. The fourth-order valence-corrected chi connectivity index (χ4v) is 4.58. The van der Waals surface area contributed by atoms with E-state index in [-0.39, 0.29) is 12.0 Å². The number of halogens is 1. The van der Waals surface area contributed by atoms with E-state index in [4.69, 9.17) is 5.73 Å². The fraction of sp³-hybridized carbons (Fsp3) is 0.303. The van der Waals surface area contributed by atoms with E-state index >= 15 is 0 Å². The van der Waals surface area contributed by atoms with Crippen molar-refractivity contribution in [3.05, 3.63) is 127 Å². The van der Waals surface area contributed by atoms with Gasteiger partial charge in [-0.1, -0.05) is 93.2 Å². The van der Waals surface area contributed by atoms with E-state index in [1.165, 1.54) is 31.0 Å². The Labute approximate surface area is 232 Å². The third kappa shape index (κ3) is 8.91. The fourth-order valence-electron chi connectivity index (χ4n) is 4.58. The molecule has 206 valence electrons. The number of nitrogens with one attached hydrogen (secondary N) is 1. The SMILES string of the molecule is C=C(NCc1ccccc1)C1CCCN1C.C=CC(N)n1cnc2ccccc21.CCCc1ccccc1F. The summed E-state index contributed by atoms with van der Waals surface area (Å²) in [5, 5.41) is 3.44. The highest BCUT2D eigenvalue weighted by molar-refractivity contribution is 5.75. The van der Waals surface area contributed by atoms with Crippen molar-refractivity contribution in [1.82, 2.24) is 19.8 Å². The standard InChI is InChI=1S/C14H20N2.C10H11N3.C9H11F/c1-12(14-9-6-10-16(14)2)15-11-13-7-4-3-5-8-13;1-2-10(11)13-7-12-8-5-3-4-6-9(8)13;1-2-5-8-6-3-4-7-9(8)10/h3-5,7-8,14-15H,1,6,9-11H2,2H3;2-7,10H,1,11H2;3-4,6-7H,2,5H2,1H3. The molecule has 39 heavy (non-hydrogen) atoms.